The van der Waals surface area contributed by atoms with Gasteiger partial charge in [0.25, 0.3) is 10.2 Å². The minimum atomic E-state index is -3.55. The molecular formula is C14H22N2O4S. The highest BCUT2D eigenvalue weighted by Gasteiger charge is 2.31. The third-order valence-corrected chi connectivity index (χ3v) is 5.12. The molecule has 0 aliphatic carbocycles. The summed E-state index contributed by atoms with van der Waals surface area (Å²) in [4.78, 5) is 0. The topological polar surface area (TPSA) is 67.9 Å². The fraction of sp³-hybridized carbons (Fsp3) is 0.571. The maximum Gasteiger partial charge on any atom is 0.279 e. The van der Waals surface area contributed by atoms with Crippen LogP contribution in [0.15, 0.2) is 30.3 Å². The van der Waals surface area contributed by atoms with Crippen molar-refractivity contribution in [3.05, 3.63) is 35.9 Å². The summed E-state index contributed by atoms with van der Waals surface area (Å²) in [5.74, 6) is 0. The Balaban J connectivity index is 2.00. The fourth-order valence-electron chi connectivity index (χ4n) is 2.29. The van der Waals surface area contributed by atoms with Gasteiger partial charge in [-0.3, -0.25) is 0 Å². The van der Waals surface area contributed by atoms with Crippen molar-refractivity contribution in [1.82, 2.24) is 9.03 Å². The highest BCUT2D eigenvalue weighted by atomic mass is 32.2. The Labute approximate surface area is 126 Å². The van der Waals surface area contributed by atoms with Gasteiger partial charge in [0.05, 0.1) is 18.8 Å². The summed E-state index contributed by atoms with van der Waals surface area (Å²) >= 11 is 0. The number of benzene rings is 1. The molecule has 2 atom stereocenters. The van der Waals surface area contributed by atoms with Gasteiger partial charge in [0, 0.05) is 27.3 Å². The minimum absolute atomic E-state index is 0.251. The SMILES string of the molecule is CO[C@@H]1COCC[C@H]1NS(=O)(=O)N(C)Cc1ccccc1. The molecule has 0 saturated carbocycles. The lowest BCUT2D eigenvalue weighted by atomic mass is 10.1. The van der Waals surface area contributed by atoms with Crippen LogP contribution >= 0.6 is 0 Å². The predicted octanol–water partition coefficient (Wildman–Crippen LogP) is 0.757. The van der Waals surface area contributed by atoms with Gasteiger partial charge in [0.2, 0.25) is 0 Å². The van der Waals surface area contributed by atoms with Gasteiger partial charge in [-0.25, -0.2) is 0 Å². The molecule has 7 heteroatoms. The number of nitrogens with one attached hydrogen (secondary N) is 1. The van der Waals surface area contributed by atoms with Crippen LogP contribution < -0.4 is 4.72 Å². The zero-order chi connectivity index (χ0) is 15.3. The Morgan fingerprint density at radius 3 is 2.76 bits per heavy atom. The third kappa shape index (κ3) is 4.49. The second-order valence-corrected chi connectivity index (χ2v) is 6.92. The van der Waals surface area contributed by atoms with Crippen LogP contribution in [0.1, 0.15) is 12.0 Å². The largest absolute Gasteiger partial charge is 0.379 e. The molecule has 0 aromatic heterocycles. The smallest absolute Gasteiger partial charge is 0.279 e. The number of ether oxygens (including phenoxy) is 2. The molecule has 0 bridgehead atoms. The molecule has 0 radical (unpaired) electrons. The molecule has 2 rings (SSSR count). The van der Waals surface area contributed by atoms with Gasteiger partial charge in [-0.2, -0.15) is 17.4 Å². The molecule has 118 valence electrons. The van der Waals surface area contributed by atoms with E-state index in [-0.39, 0.29) is 12.1 Å². The van der Waals surface area contributed by atoms with E-state index in [1.54, 1.807) is 14.2 Å². The molecule has 6 nitrogen and oxygen atoms in total. The van der Waals surface area contributed by atoms with Gasteiger partial charge in [0.1, 0.15) is 0 Å². The average molecular weight is 314 g/mol. The van der Waals surface area contributed by atoms with Crippen molar-refractivity contribution in [1.29, 1.82) is 0 Å². The van der Waals surface area contributed by atoms with E-state index in [1.165, 1.54) is 4.31 Å². The molecule has 21 heavy (non-hydrogen) atoms. The van der Waals surface area contributed by atoms with Crippen LogP contribution in [0.2, 0.25) is 0 Å². The standard InChI is InChI=1S/C14H22N2O4S/c1-16(10-12-6-4-3-5-7-12)21(17,18)15-13-8-9-20-11-14(13)19-2/h3-7,13-15H,8-11H2,1-2H3/t13-,14-/m1/s1. The molecule has 0 spiro atoms. The Hall–Kier alpha value is -0.990. The van der Waals surface area contributed by atoms with Crippen LogP contribution in [0.25, 0.3) is 0 Å². The molecule has 0 amide bonds. The molecule has 1 aliphatic rings. The summed E-state index contributed by atoms with van der Waals surface area (Å²) in [5.41, 5.74) is 0.945. The van der Waals surface area contributed by atoms with Gasteiger partial charge in [-0.1, -0.05) is 30.3 Å². The predicted molar refractivity (Wildman–Crippen MR) is 80.0 cm³/mol. The van der Waals surface area contributed by atoms with E-state index in [2.05, 4.69) is 4.72 Å². The Kier molecular flexibility index (Phi) is 5.72. The lowest BCUT2D eigenvalue weighted by Crippen LogP contribution is -2.52. The number of hydrogen-bond acceptors (Lipinski definition) is 4. The van der Waals surface area contributed by atoms with Crippen molar-refractivity contribution in [3.63, 3.8) is 0 Å². The van der Waals surface area contributed by atoms with E-state index in [1.807, 2.05) is 30.3 Å². The Morgan fingerprint density at radius 2 is 2.10 bits per heavy atom. The maximum absolute atomic E-state index is 12.4. The minimum Gasteiger partial charge on any atom is -0.379 e. The number of methoxy groups -OCH3 is 1. The van der Waals surface area contributed by atoms with E-state index >= 15 is 0 Å². The van der Waals surface area contributed by atoms with Gasteiger partial charge in [0.15, 0.2) is 0 Å². The third-order valence-electron chi connectivity index (χ3n) is 3.57. The van der Waals surface area contributed by atoms with Gasteiger partial charge in [-0.05, 0) is 12.0 Å². The quantitative estimate of drug-likeness (QED) is 0.842. The van der Waals surface area contributed by atoms with Crippen LogP contribution in [0.5, 0.6) is 0 Å². The maximum atomic E-state index is 12.4. The first-order valence-electron chi connectivity index (χ1n) is 6.91. The summed E-state index contributed by atoms with van der Waals surface area (Å²) in [5, 5.41) is 0. The van der Waals surface area contributed by atoms with Crippen molar-refractivity contribution in [2.45, 2.75) is 25.1 Å². The first-order valence-corrected chi connectivity index (χ1v) is 8.35. The average Bonchev–Trinajstić information content (AvgIpc) is 2.48. The van der Waals surface area contributed by atoms with Crippen LogP contribution in [0.3, 0.4) is 0 Å². The number of rotatable bonds is 6. The molecule has 1 fully saturated rings. The molecule has 1 saturated heterocycles. The number of hydrogen-bond donors (Lipinski definition) is 1. The summed E-state index contributed by atoms with van der Waals surface area (Å²) in [6, 6.07) is 9.23. The molecule has 1 aromatic carbocycles. The lowest BCUT2D eigenvalue weighted by Gasteiger charge is -2.32. The number of nitrogens with zero attached hydrogens (tertiary/aromatic N) is 1. The van der Waals surface area contributed by atoms with Crippen molar-refractivity contribution in [3.8, 4) is 0 Å². The van der Waals surface area contributed by atoms with Crippen molar-refractivity contribution >= 4 is 10.2 Å². The van der Waals surface area contributed by atoms with E-state index in [0.717, 1.165) is 5.56 Å². The van der Waals surface area contributed by atoms with Gasteiger partial charge >= 0.3 is 0 Å². The Bertz CT molecular complexity index is 535. The van der Waals surface area contributed by atoms with Crippen molar-refractivity contribution in [2.75, 3.05) is 27.4 Å². The second kappa shape index (κ2) is 7.33. The van der Waals surface area contributed by atoms with E-state index in [0.29, 0.717) is 26.2 Å². The van der Waals surface area contributed by atoms with Gasteiger partial charge in [-0.15, -0.1) is 0 Å². The molecule has 0 unspecified atom stereocenters. The highest BCUT2D eigenvalue weighted by Crippen LogP contribution is 2.13. The summed E-state index contributed by atoms with van der Waals surface area (Å²) in [7, 11) is -0.424. The Morgan fingerprint density at radius 1 is 1.38 bits per heavy atom. The molecule has 1 aromatic rings. The highest BCUT2D eigenvalue weighted by molar-refractivity contribution is 7.87. The first-order chi connectivity index (χ1) is 10.0. The zero-order valence-corrected chi connectivity index (χ0v) is 13.2. The molecule has 1 N–H and O–H groups in total. The molecule has 1 heterocycles. The van der Waals surface area contributed by atoms with Crippen LogP contribution in [0, 0.1) is 0 Å². The monoisotopic (exact) mass is 314 g/mol. The zero-order valence-electron chi connectivity index (χ0n) is 12.4. The molecule has 1 aliphatic heterocycles. The summed E-state index contributed by atoms with van der Waals surface area (Å²) < 4.78 is 39.4. The lowest BCUT2D eigenvalue weighted by molar-refractivity contribution is -0.0450. The van der Waals surface area contributed by atoms with Crippen molar-refractivity contribution in [2.24, 2.45) is 0 Å². The van der Waals surface area contributed by atoms with Crippen LogP contribution in [-0.2, 0) is 26.2 Å². The van der Waals surface area contributed by atoms with E-state index in [9.17, 15) is 8.42 Å². The van der Waals surface area contributed by atoms with Crippen molar-refractivity contribution < 1.29 is 17.9 Å². The molecular weight excluding hydrogens is 292 g/mol. The summed E-state index contributed by atoms with van der Waals surface area (Å²) in [6.45, 7) is 1.28. The van der Waals surface area contributed by atoms with E-state index < -0.39 is 10.2 Å². The summed E-state index contributed by atoms with van der Waals surface area (Å²) in [6.07, 6.45) is 0.357. The van der Waals surface area contributed by atoms with Crippen LogP contribution in [0.4, 0.5) is 0 Å². The van der Waals surface area contributed by atoms with Gasteiger partial charge < -0.3 is 9.47 Å². The fourth-order valence-corrected chi connectivity index (χ4v) is 3.44. The van der Waals surface area contributed by atoms with E-state index in [4.69, 9.17) is 9.47 Å². The normalized spacial score (nSPS) is 23.4. The van der Waals surface area contributed by atoms with Crippen LogP contribution in [-0.4, -0.2) is 52.2 Å². The first kappa shape index (κ1) is 16.4. The second-order valence-electron chi connectivity index (χ2n) is 5.11.